The number of nitrogens with zero attached hydrogens (tertiary/aromatic N) is 1. The van der Waals surface area contributed by atoms with E-state index in [4.69, 9.17) is 10.00 Å². The van der Waals surface area contributed by atoms with Crippen molar-refractivity contribution in [3.63, 3.8) is 0 Å². The summed E-state index contributed by atoms with van der Waals surface area (Å²) < 4.78 is 32.8. The third-order valence-corrected chi connectivity index (χ3v) is 6.45. The monoisotopic (exact) mass is 372 g/mol. The normalized spacial score (nSPS) is 10.8. The molecule has 8 heteroatoms. The molecule has 0 spiro atoms. The lowest BCUT2D eigenvalue weighted by molar-refractivity contribution is 0.417. The molecule has 1 aromatic carbocycles. The number of nitriles is 1. The number of hydrogen-bond donors (Lipinski definition) is 1. The van der Waals surface area contributed by atoms with E-state index in [9.17, 15) is 8.42 Å². The van der Waals surface area contributed by atoms with Gasteiger partial charge in [-0.3, -0.25) is 4.72 Å². The molecular formula is C12H9BrN2O3S2. The van der Waals surface area contributed by atoms with Gasteiger partial charge in [0.15, 0.2) is 4.21 Å². The van der Waals surface area contributed by atoms with Gasteiger partial charge in [-0.25, -0.2) is 8.42 Å². The van der Waals surface area contributed by atoms with E-state index in [0.29, 0.717) is 10.2 Å². The van der Waals surface area contributed by atoms with Gasteiger partial charge in [0.05, 0.1) is 12.7 Å². The van der Waals surface area contributed by atoms with Crippen molar-refractivity contribution in [2.24, 2.45) is 0 Å². The number of hydrogen-bond acceptors (Lipinski definition) is 5. The number of sulfonamides is 1. The number of rotatable bonds is 4. The van der Waals surface area contributed by atoms with Gasteiger partial charge in [-0.1, -0.05) is 6.07 Å². The number of ether oxygens (including phenoxy) is 1. The molecule has 0 fully saturated rings. The van der Waals surface area contributed by atoms with Gasteiger partial charge in [-0.15, -0.1) is 11.3 Å². The maximum Gasteiger partial charge on any atom is 0.272 e. The third kappa shape index (κ3) is 2.80. The first-order valence-corrected chi connectivity index (χ1v) is 8.48. The average Bonchev–Trinajstić information content (AvgIpc) is 2.85. The Labute approximate surface area is 129 Å². The summed E-state index contributed by atoms with van der Waals surface area (Å²) in [4.78, 5) is 0. The molecule has 5 nitrogen and oxygen atoms in total. The minimum Gasteiger partial charge on any atom is -0.495 e. The van der Waals surface area contributed by atoms with Gasteiger partial charge >= 0.3 is 0 Å². The highest BCUT2D eigenvalue weighted by molar-refractivity contribution is 9.10. The Balaban J connectivity index is 2.50. The van der Waals surface area contributed by atoms with Crippen LogP contribution in [-0.4, -0.2) is 15.5 Å². The Morgan fingerprint density at radius 3 is 2.70 bits per heavy atom. The van der Waals surface area contributed by atoms with Crippen molar-refractivity contribution in [2.45, 2.75) is 4.21 Å². The van der Waals surface area contributed by atoms with E-state index in [2.05, 4.69) is 20.7 Å². The molecule has 1 heterocycles. The molecule has 0 atom stereocenters. The van der Waals surface area contributed by atoms with Crippen LogP contribution in [0.4, 0.5) is 5.69 Å². The highest BCUT2D eigenvalue weighted by atomic mass is 79.9. The quantitative estimate of drug-likeness (QED) is 0.893. The van der Waals surface area contributed by atoms with E-state index in [1.807, 2.05) is 6.07 Å². The zero-order chi connectivity index (χ0) is 14.8. The van der Waals surface area contributed by atoms with Crippen LogP contribution in [0.2, 0.25) is 0 Å². The fourth-order valence-electron chi connectivity index (χ4n) is 1.55. The zero-order valence-electron chi connectivity index (χ0n) is 10.3. The van der Waals surface area contributed by atoms with E-state index in [-0.39, 0.29) is 15.5 Å². The molecule has 0 aliphatic carbocycles. The molecule has 0 aliphatic rings. The van der Waals surface area contributed by atoms with Crippen molar-refractivity contribution in [3.8, 4) is 11.8 Å². The summed E-state index contributed by atoms with van der Waals surface area (Å²) in [5.41, 5.74) is 0.332. The fourth-order valence-corrected chi connectivity index (χ4v) is 4.98. The van der Waals surface area contributed by atoms with Gasteiger partial charge in [0, 0.05) is 4.47 Å². The Morgan fingerprint density at radius 1 is 1.40 bits per heavy atom. The van der Waals surface area contributed by atoms with Crippen LogP contribution in [0.1, 0.15) is 5.56 Å². The number of thiophene rings is 1. The molecule has 0 amide bonds. The number of benzene rings is 1. The number of anilines is 1. The van der Waals surface area contributed by atoms with E-state index in [1.165, 1.54) is 13.2 Å². The topological polar surface area (TPSA) is 79.2 Å². The van der Waals surface area contributed by atoms with Crippen LogP contribution in [0.3, 0.4) is 0 Å². The number of para-hydroxylation sites is 1. The van der Waals surface area contributed by atoms with Crippen LogP contribution in [0.5, 0.6) is 5.75 Å². The van der Waals surface area contributed by atoms with E-state index >= 15 is 0 Å². The van der Waals surface area contributed by atoms with E-state index in [1.54, 1.807) is 23.6 Å². The van der Waals surface area contributed by atoms with E-state index in [0.717, 1.165) is 11.3 Å². The Kier molecular flexibility index (Phi) is 4.32. The van der Waals surface area contributed by atoms with Gasteiger partial charge in [0.25, 0.3) is 10.0 Å². The second-order valence-electron chi connectivity index (χ2n) is 3.66. The summed E-state index contributed by atoms with van der Waals surface area (Å²) in [7, 11) is -2.36. The summed E-state index contributed by atoms with van der Waals surface area (Å²) in [6.45, 7) is 0. The van der Waals surface area contributed by atoms with Gasteiger partial charge in [0.1, 0.15) is 17.5 Å². The maximum atomic E-state index is 12.3. The Hall–Kier alpha value is -1.56. The second kappa shape index (κ2) is 5.83. The highest BCUT2D eigenvalue weighted by Gasteiger charge is 2.22. The second-order valence-corrected chi connectivity index (χ2v) is 7.30. The summed E-state index contributed by atoms with van der Waals surface area (Å²) in [6.07, 6.45) is 0. The SMILES string of the molecule is COc1cccc(C#N)c1NS(=O)(=O)c1sccc1Br. The van der Waals surface area contributed by atoms with Crippen LogP contribution < -0.4 is 9.46 Å². The van der Waals surface area contributed by atoms with Crippen LogP contribution in [0.25, 0.3) is 0 Å². The molecule has 2 aromatic rings. The molecule has 0 saturated heterocycles. The summed E-state index contributed by atoms with van der Waals surface area (Å²) in [5.74, 6) is 0.292. The van der Waals surface area contributed by atoms with Crippen LogP contribution in [-0.2, 0) is 10.0 Å². The summed E-state index contributed by atoms with van der Waals surface area (Å²) in [6, 6.07) is 8.31. The summed E-state index contributed by atoms with van der Waals surface area (Å²) in [5, 5.41) is 10.7. The molecule has 0 radical (unpaired) electrons. The summed E-state index contributed by atoms with van der Waals surface area (Å²) >= 11 is 4.26. The van der Waals surface area contributed by atoms with Crippen molar-refractivity contribution < 1.29 is 13.2 Å². The molecule has 0 bridgehead atoms. The smallest absolute Gasteiger partial charge is 0.272 e. The highest BCUT2D eigenvalue weighted by Crippen LogP contribution is 2.33. The van der Waals surface area contributed by atoms with Crippen LogP contribution >= 0.6 is 27.3 Å². The molecular weight excluding hydrogens is 364 g/mol. The lowest BCUT2D eigenvalue weighted by Crippen LogP contribution is -2.13. The van der Waals surface area contributed by atoms with Crippen molar-refractivity contribution in [3.05, 3.63) is 39.7 Å². The van der Waals surface area contributed by atoms with Gasteiger partial charge < -0.3 is 4.74 Å². The number of methoxy groups -OCH3 is 1. The van der Waals surface area contributed by atoms with Crippen LogP contribution in [0, 0.1) is 11.3 Å². The molecule has 1 aromatic heterocycles. The van der Waals surface area contributed by atoms with Gasteiger partial charge in [-0.2, -0.15) is 5.26 Å². The first kappa shape index (κ1) is 14.8. The standard InChI is InChI=1S/C12H9BrN2O3S2/c1-18-10-4-2-3-8(7-14)11(10)15-20(16,17)12-9(13)5-6-19-12/h2-6,15H,1H3. The van der Waals surface area contributed by atoms with Crippen molar-refractivity contribution >= 4 is 43.0 Å². The molecule has 104 valence electrons. The lowest BCUT2D eigenvalue weighted by Gasteiger charge is -2.12. The fraction of sp³-hybridized carbons (Fsp3) is 0.0833. The Bertz CT molecular complexity index is 778. The third-order valence-electron chi connectivity index (χ3n) is 2.43. The predicted molar refractivity (Wildman–Crippen MR) is 80.5 cm³/mol. The first-order chi connectivity index (χ1) is 9.49. The Morgan fingerprint density at radius 2 is 2.15 bits per heavy atom. The molecule has 2 rings (SSSR count). The first-order valence-electron chi connectivity index (χ1n) is 5.32. The molecule has 0 unspecified atom stereocenters. The van der Waals surface area contributed by atoms with Crippen LogP contribution in [0.15, 0.2) is 38.3 Å². The predicted octanol–water partition coefficient (Wildman–Crippen LogP) is 3.19. The molecule has 0 aliphatic heterocycles. The minimum absolute atomic E-state index is 0.137. The average molecular weight is 373 g/mol. The number of halogens is 1. The van der Waals surface area contributed by atoms with E-state index < -0.39 is 10.0 Å². The van der Waals surface area contributed by atoms with Crippen molar-refractivity contribution in [2.75, 3.05) is 11.8 Å². The van der Waals surface area contributed by atoms with Gasteiger partial charge in [0.2, 0.25) is 0 Å². The maximum absolute atomic E-state index is 12.3. The van der Waals surface area contributed by atoms with Crippen molar-refractivity contribution in [1.29, 1.82) is 5.26 Å². The number of nitrogens with one attached hydrogen (secondary N) is 1. The largest absolute Gasteiger partial charge is 0.495 e. The lowest BCUT2D eigenvalue weighted by atomic mass is 10.2. The molecule has 0 saturated carbocycles. The minimum atomic E-state index is -3.78. The molecule has 20 heavy (non-hydrogen) atoms. The molecule has 1 N–H and O–H groups in total. The zero-order valence-corrected chi connectivity index (χ0v) is 13.5. The van der Waals surface area contributed by atoms with Crippen molar-refractivity contribution in [1.82, 2.24) is 0 Å². The van der Waals surface area contributed by atoms with Gasteiger partial charge in [-0.05, 0) is 39.5 Å².